The van der Waals surface area contributed by atoms with Crippen LogP contribution in [-0.4, -0.2) is 29.8 Å². The van der Waals surface area contributed by atoms with E-state index < -0.39 is 18.1 Å². The number of amides is 1. The molecule has 0 aromatic heterocycles. The molecule has 4 aromatic rings. The van der Waals surface area contributed by atoms with Gasteiger partial charge in [0.05, 0.1) is 0 Å². The fourth-order valence-electron chi connectivity index (χ4n) is 4.76. The van der Waals surface area contributed by atoms with Gasteiger partial charge in [-0.15, -0.1) is 0 Å². The van der Waals surface area contributed by atoms with Crippen LogP contribution in [-0.2, 0) is 16.0 Å². The van der Waals surface area contributed by atoms with Gasteiger partial charge < -0.3 is 15.2 Å². The van der Waals surface area contributed by atoms with Crippen molar-refractivity contribution >= 4 is 12.1 Å². The number of rotatable bonds is 7. The molecule has 5 nitrogen and oxygen atoms in total. The minimum absolute atomic E-state index is 0.0582. The smallest absolute Gasteiger partial charge is 0.407 e. The summed E-state index contributed by atoms with van der Waals surface area (Å²) < 4.78 is 19.1. The third-order valence-corrected chi connectivity index (χ3v) is 6.46. The molecular formula is C30H24FNO4. The van der Waals surface area contributed by atoms with Crippen LogP contribution in [0.4, 0.5) is 9.18 Å². The third-order valence-electron chi connectivity index (χ3n) is 6.46. The van der Waals surface area contributed by atoms with E-state index in [0.717, 1.165) is 27.8 Å². The van der Waals surface area contributed by atoms with Crippen LogP contribution in [0.5, 0.6) is 0 Å². The first kappa shape index (κ1) is 23.3. The molecule has 6 heteroatoms. The maximum atomic E-state index is 13.6. The zero-order chi connectivity index (χ0) is 25.1. The molecule has 0 unspecified atom stereocenters. The molecule has 180 valence electrons. The average Bonchev–Trinajstić information content (AvgIpc) is 3.21. The summed E-state index contributed by atoms with van der Waals surface area (Å²) in [7, 11) is 0. The van der Waals surface area contributed by atoms with Gasteiger partial charge in [-0.3, -0.25) is 0 Å². The number of halogens is 1. The lowest BCUT2D eigenvalue weighted by Gasteiger charge is -2.18. The second-order valence-electron chi connectivity index (χ2n) is 8.78. The number of hydrogen-bond acceptors (Lipinski definition) is 3. The predicted octanol–water partition coefficient (Wildman–Crippen LogP) is 6.03. The highest BCUT2D eigenvalue weighted by molar-refractivity contribution is 5.81. The number of carbonyl (C=O) groups excluding carboxylic acids is 1. The molecule has 0 saturated heterocycles. The number of alkyl carbamates (subject to hydrolysis) is 1. The van der Waals surface area contributed by atoms with Crippen molar-refractivity contribution in [3.8, 4) is 22.3 Å². The summed E-state index contributed by atoms with van der Waals surface area (Å²) in [6.45, 7) is 0.0985. The van der Waals surface area contributed by atoms with Crippen LogP contribution in [0.3, 0.4) is 0 Å². The molecule has 5 rings (SSSR count). The summed E-state index contributed by atoms with van der Waals surface area (Å²) >= 11 is 0. The lowest BCUT2D eigenvalue weighted by atomic mass is 9.98. The minimum atomic E-state index is -1.18. The Balaban J connectivity index is 1.26. The van der Waals surface area contributed by atoms with E-state index in [2.05, 4.69) is 5.32 Å². The van der Waals surface area contributed by atoms with Crippen LogP contribution in [0.25, 0.3) is 22.3 Å². The molecule has 0 fully saturated rings. The average molecular weight is 482 g/mol. The molecule has 1 amide bonds. The molecule has 2 N–H and O–H groups in total. The molecule has 0 saturated carbocycles. The first-order valence-corrected chi connectivity index (χ1v) is 11.7. The van der Waals surface area contributed by atoms with Crippen molar-refractivity contribution in [3.63, 3.8) is 0 Å². The highest BCUT2D eigenvalue weighted by Gasteiger charge is 2.29. The van der Waals surface area contributed by atoms with Crippen molar-refractivity contribution in [2.75, 3.05) is 6.61 Å². The van der Waals surface area contributed by atoms with E-state index in [4.69, 9.17) is 4.74 Å². The highest BCUT2D eigenvalue weighted by Crippen LogP contribution is 2.44. The van der Waals surface area contributed by atoms with E-state index in [9.17, 15) is 19.1 Å². The predicted molar refractivity (Wildman–Crippen MR) is 135 cm³/mol. The second-order valence-corrected chi connectivity index (χ2v) is 8.78. The Morgan fingerprint density at radius 1 is 0.833 bits per heavy atom. The van der Waals surface area contributed by atoms with E-state index in [1.54, 1.807) is 30.3 Å². The zero-order valence-corrected chi connectivity index (χ0v) is 19.4. The number of aliphatic carboxylic acids is 1. The SMILES string of the molecule is O=C(N[C@@H](Cc1cccc(-c2cccc(F)c2)c1)C(=O)O)OCC1c2ccccc2-c2ccccc21. The number of carbonyl (C=O) groups is 2. The van der Waals surface area contributed by atoms with E-state index >= 15 is 0 Å². The molecule has 0 radical (unpaired) electrons. The topological polar surface area (TPSA) is 75.6 Å². The normalized spacial score (nSPS) is 12.9. The quantitative estimate of drug-likeness (QED) is 0.338. The fraction of sp³-hybridized carbons (Fsp3) is 0.133. The minimum Gasteiger partial charge on any atom is -0.480 e. The first-order chi connectivity index (χ1) is 17.5. The van der Waals surface area contributed by atoms with Gasteiger partial charge in [-0.2, -0.15) is 0 Å². The Hall–Kier alpha value is -4.45. The van der Waals surface area contributed by atoms with Crippen LogP contribution in [0.2, 0.25) is 0 Å². The molecule has 1 atom stereocenters. The van der Waals surface area contributed by atoms with Crippen molar-refractivity contribution in [2.45, 2.75) is 18.4 Å². The molecule has 0 aliphatic heterocycles. The van der Waals surface area contributed by atoms with Crippen molar-refractivity contribution in [3.05, 3.63) is 120 Å². The van der Waals surface area contributed by atoms with Crippen LogP contribution >= 0.6 is 0 Å². The molecule has 1 aliphatic rings. The lowest BCUT2D eigenvalue weighted by Crippen LogP contribution is -2.42. The van der Waals surface area contributed by atoms with Crippen molar-refractivity contribution in [1.82, 2.24) is 5.32 Å². The van der Waals surface area contributed by atoms with E-state index in [-0.39, 0.29) is 24.8 Å². The molecule has 36 heavy (non-hydrogen) atoms. The van der Waals surface area contributed by atoms with Crippen LogP contribution in [0.1, 0.15) is 22.6 Å². The molecule has 1 aliphatic carbocycles. The molecule has 0 spiro atoms. The van der Waals surface area contributed by atoms with Gasteiger partial charge in [0, 0.05) is 12.3 Å². The summed E-state index contributed by atoms with van der Waals surface area (Å²) in [5.41, 5.74) is 6.53. The molecular weight excluding hydrogens is 457 g/mol. The largest absolute Gasteiger partial charge is 0.480 e. The number of benzene rings is 4. The highest BCUT2D eigenvalue weighted by atomic mass is 19.1. The number of carboxylic acids is 1. The van der Waals surface area contributed by atoms with Gasteiger partial charge in [0.2, 0.25) is 0 Å². The maximum absolute atomic E-state index is 13.6. The third kappa shape index (κ3) is 4.84. The van der Waals surface area contributed by atoms with Gasteiger partial charge in [0.25, 0.3) is 0 Å². The Kier molecular flexibility index (Phi) is 6.50. The van der Waals surface area contributed by atoms with Gasteiger partial charge in [0.15, 0.2) is 0 Å². The first-order valence-electron chi connectivity index (χ1n) is 11.7. The van der Waals surface area contributed by atoms with Crippen LogP contribution in [0.15, 0.2) is 97.1 Å². The lowest BCUT2D eigenvalue weighted by molar-refractivity contribution is -0.139. The van der Waals surface area contributed by atoms with Gasteiger partial charge >= 0.3 is 12.1 Å². The Morgan fingerprint density at radius 2 is 1.44 bits per heavy atom. The molecule has 0 bridgehead atoms. The Bertz CT molecular complexity index is 1390. The number of ether oxygens (including phenoxy) is 1. The van der Waals surface area contributed by atoms with Crippen LogP contribution < -0.4 is 5.32 Å². The Labute approximate surface area is 208 Å². The summed E-state index contributed by atoms with van der Waals surface area (Å²) in [4.78, 5) is 24.5. The number of hydrogen-bond donors (Lipinski definition) is 2. The van der Waals surface area contributed by atoms with Crippen molar-refractivity contribution in [1.29, 1.82) is 0 Å². The molecule has 4 aromatic carbocycles. The summed E-state index contributed by atoms with van der Waals surface area (Å²) in [5, 5.41) is 12.2. The van der Waals surface area contributed by atoms with Crippen molar-refractivity contribution < 1.29 is 23.8 Å². The summed E-state index contributed by atoms with van der Waals surface area (Å²) in [5.74, 6) is -1.63. The standard InChI is InChI=1S/C30H24FNO4/c31-22-10-6-9-21(17-22)20-8-5-7-19(15-20)16-28(29(33)34)32-30(35)36-18-27-25-13-3-1-11-23(25)24-12-2-4-14-26(24)27/h1-15,17,27-28H,16,18H2,(H,32,35)(H,33,34)/t28-/m0/s1. The fourth-order valence-corrected chi connectivity index (χ4v) is 4.76. The van der Waals surface area contributed by atoms with Crippen LogP contribution in [0, 0.1) is 5.82 Å². The monoisotopic (exact) mass is 481 g/mol. The van der Waals surface area contributed by atoms with E-state index in [0.29, 0.717) is 11.1 Å². The van der Waals surface area contributed by atoms with E-state index in [1.807, 2.05) is 54.6 Å². The summed E-state index contributed by atoms with van der Waals surface area (Å²) in [6.07, 6.45) is -0.728. The summed E-state index contributed by atoms with van der Waals surface area (Å²) in [6, 6.07) is 28.2. The zero-order valence-electron chi connectivity index (χ0n) is 19.4. The van der Waals surface area contributed by atoms with Gasteiger partial charge in [-0.1, -0.05) is 84.9 Å². The Morgan fingerprint density at radius 3 is 2.08 bits per heavy atom. The molecule has 0 heterocycles. The van der Waals surface area contributed by atoms with Crippen molar-refractivity contribution in [2.24, 2.45) is 0 Å². The van der Waals surface area contributed by atoms with Gasteiger partial charge in [-0.25, -0.2) is 14.0 Å². The van der Waals surface area contributed by atoms with Gasteiger partial charge in [0.1, 0.15) is 18.5 Å². The maximum Gasteiger partial charge on any atom is 0.407 e. The number of carboxylic acid groups (broad SMARTS) is 1. The van der Waals surface area contributed by atoms with E-state index in [1.165, 1.54) is 12.1 Å². The van der Waals surface area contributed by atoms with Gasteiger partial charge in [-0.05, 0) is 51.1 Å². The number of nitrogens with one attached hydrogen (secondary N) is 1. The number of fused-ring (bicyclic) bond motifs is 3. The second kappa shape index (κ2) is 10.0.